The highest BCUT2D eigenvalue weighted by Gasteiger charge is 1.96. The van der Waals surface area contributed by atoms with Crippen molar-refractivity contribution in [3.05, 3.63) is 41.5 Å². The normalized spacial score (nSPS) is 9.62. The first kappa shape index (κ1) is 12.3. The summed E-state index contributed by atoms with van der Waals surface area (Å²) in [4.78, 5) is 11.3. The van der Waals surface area contributed by atoms with Gasteiger partial charge in [-0.2, -0.15) is 0 Å². The lowest BCUT2D eigenvalue weighted by Crippen LogP contribution is -2.23. The molecule has 0 saturated heterocycles. The highest BCUT2D eigenvalue weighted by molar-refractivity contribution is 5.87. The summed E-state index contributed by atoms with van der Waals surface area (Å²) in [6.45, 7) is 4.45. The molecule has 0 aliphatic carbocycles. The largest absolute Gasteiger partial charge is 0.399 e. The average molecular weight is 218 g/mol. The van der Waals surface area contributed by atoms with Gasteiger partial charge in [-0.25, -0.2) is 0 Å². The Bertz CT molecular complexity index is 375. The molecule has 3 N–H and O–H groups in total. The van der Waals surface area contributed by atoms with Gasteiger partial charge in [-0.1, -0.05) is 17.7 Å². The van der Waals surface area contributed by atoms with E-state index in [4.69, 9.17) is 5.73 Å². The standard InChI is InChI=1S/C13H18N2O/c1-10(2)9-13(16)15-8-7-11-3-5-12(14)6-4-11/h3-6,9H,7-8,14H2,1-2H3,(H,15,16). The summed E-state index contributed by atoms with van der Waals surface area (Å²) in [6.07, 6.45) is 2.42. The first-order chi connectivity index (χ1) is 7.58. The fraction of sp³-hybridized carbons (Fsp3) is 0.308. The zero-order valence-electron chi connectivity index (χ0n) is 9.79. The molecule has 0 spiro atoms. The first-order valence-electron chi connectivity index (χ1n) is 5.35. The third kappa shape index (κ3) is 4.64. The number of nitrogen functional groups attached to an aromatic ring is 1. The van der Waals surface area contributed by atoms with Crippen molar-refractivity contribution in [2.24, 2.45) is 0 Å². The second-order valence-electron chi connectivity index (χ2n) is 4.00. The van der Waals surface area contributed by atoms with Gasteiger partial charge in [0.1, 0.15) is 0 Å². The Labute approximate surface area is 96.3 Å². The Hall–Kier alpha value is -1.77. The molecule has 0 saturated carbocycles. The maximum atomic E-state index is 11.3. The number of hydrogen-bond acceptors (Lipinski definition) is 2. The molecule has 0 fully saturated rings. The molecular formula is C13H18N2O. The molecule has 3 nitrogen and oxygen atoms in total. The lowest BCUT2D eigenvalue weighted by atomic mass is 10.1. The molecule has 1 aromatic rings. The van der Waals surface area contributed by atoms with Crippen LogP contribution in [0.2, 0.25) is 0 Å². The van der Waals surface area contributed by atoms with Crippen LogP contribution < -0.4 is 11.1 Å². The number of nitrogens with two attached hydrogens (primary N) is 1. The highest BCUT2D eigenvalue weighted by atomic mass is 16.1. The second-order valence-corrected chi connectivity index (χ2v) is 4.00. The van der Waals surface area contributed by atoms with E-state index >= 15 is 0 Å². The third-order valence-electron chi connectivity index (χ3n) is 2.11. The Kier molecular flexibility index (Phi) is 4.58. The average Bonchev–Trinajstić information content (AvgIpc) is 2.20. The lowest BCUT2D eigenvalue weighted by Gasteiger charge is -2.03. The van der Waals surface area contributed by atoms with Gasteiger partial charge in [0.25, 0.3) is 0 Å². The number of hydrogen-bond donors (Lipinski definition) is 2. The summed E-state index contributed by atoms with van der Waals surface area (Å²) in [5.74, 6) is -0.0320. The Morgan fingerprint density at radius 2 is 1.94 bits per heavy atom. The summed E-state index contributed by atoms with van der Waals surface area (Å²) in [6, 6.07) is 7.69. The van der Waals surface area contributed by atoms with E-state index in [2.05, 4.69) is 5.32 Å². The predicted octanol–water partition coefficient (Wildman–Crippen LogP) is 1.89. The second kappa shape index (κ2) is 5.95. The molecular weight excluding hydrogens is 200 g/mol. The maximum absolute atomic E-state index is 11.3. The van der Waals surface area contributed by atoms with Crippen LogP contribution in [0.1, 0.15) is 19.4 Å². The predicted molar refractivity (Wildman–Crippen MR) is 67.0 cm³/mol. The van der Waals surface area contributed by atoms with Crippen molar-refractivity contribution in [1.82, 2.24) is 5.32 Å². The fourth-order valence-corrected chi connectivity index (χ4v) is 1.33. The van der Waals surface area contributed by atoms with Gasteiger partial charge >= 0.3 is 0 Å². The van der Waals surface area contributed by atoms with Crippen LogP contribution in [0.4, 0.5) is 5.69 Å². The van der Waals surface area contributed by atoms with Gasteiger partial charge in [0.15, 0.2) is 0 Å². The van der Waals surface area contributed by atoms with Gasteiger partial charge < -0.3 is 11.1 Å². The number of amides is 1. The van der Waals surface area contributed by atoms with Gasteiger partial charge in [-0.15, -0.1) is 0 Å². The SMILES string of the molecule is CC(C)=CC(=O)NCCc1ccc(N)cc1. The zero-order valence-corrected chi connectivity index (χ0v) is 9.79. The van der Waals surface area contributed by atoms with Gasteiger partial charge in [0.05, 0.1) is 0 Å². The molecule has 1 amide bonds. The van der Waals surface area contributed by atoms with Gasteiger partial charge in [0, 0.05) is 18.3 Å². The van der Waals surface area contributed by atoms with E-state index in [-0.39, 0.29) is 5.91 Å². The molecule has 0 aromatic heterocycles. The zero-order chi connectivity index (χ0) is 12.0. The van der Waals surface area contributed by atoms with E-state index < -0.39 is 0 Å². The Morgan fingerprint density at radius 3 is 2.50 bits per heavy atom. The fourth-order valence-electron chi connectivity index (χ4n) is 1.33. The van der Waals surface area contributed by atoms with Crippen molar-refractivity contribution in [3.8, 4) is 0 Å². The third-order valence-corrected chi connectivity index (χ3v) is 2.11. The molecule has 0 aliphatic heterocycles. The first-order valence-corrected chi connectivity index (χ1v) is 5.35. The number of carbonyl (C=O) groups excluding carboxylic acids is 1. The van der Waals surface area contributed by atoms with Crippen LogP contribution in [0, 0.1) is 0 Å². The van der Waals surface area contributed by atoms with Crippen molar-refractivity contribution < 1.29 is 4.79 Å². The molecule has 0 aliphatic rings. The van der Waals surface area contributed by atoms with Crippen LogP contribution in [0.15, 0.2) is 35.9 Å². The van der Waals surface area contributed by atoms with Gasteiger partial charge in [-0.3, -0.25) is 4.79 Å². The minimum atomic E-state index is -0.0320. The summed E-state index contributed by atoms with van der Waals surface area (Å²) in [5.41, 5.74) is 8.52. The van der Waals surface area contributed by atoms with Gasteiger partial charge in [0.2, 0.25) is 5.91 Å². The topological polar surface area (TPSA) is 55.1 Å². The van der Waals surface area contributed by atoms with Crippen molar-refractivity contribution >= 4 is 11.6 Å². The number of anilines is 1. The number of benzene rings is 1. The smallest absolute Gasteiger partial charge is 0.243 e. The number of carbonyl (C=O) groups is 1. The monoisotopic (exact) mass is 218 g/mol. The Balaban J connectivity index is 2.33. The molecule has 0 unspecified atom stereocenters. The molecule has 0 radical (unpaired) electrons. The van der Waals surface area contributed by atoms with E-state index in [1.807, 2.05) is 38.1 Å². The molecule has 3 heteroatoms. The lowest BCUT2D eigenvalue weighted by molar-refractivity contribution is -0.116. The summed E-state index contributed by atoms with van der Waals surface area (Å²) in [7, 11) is 0. The van der Waals surface area contributed by atoms with Crippen LogP contribution >= 0.6 is 0 Å². The van der Waals surface area contributed by atoms with Crippen LogP contribution in [0.5, 0.6) is 0 Å². The number of allylic oxidation sites excluding steroid dienone is 1. The molecule has 16 heavy (non-hydrogen) atoms. The highest BCUT2D eigenvalue weighted by Crippen LogP contribution is 2.05. The Morgan fingerprint density at radius 1 is 1.31 bits per heavy atom. The van der Waals surface area contributed by atoms with Crippen LogP contribution in [0.3, 0.4) is 0 Å². The maximum Gasteiger partial charge on any atom is 0.243 e. The van der Waals surface area contributed by atoms with Crippen molar-refractivity contribution in [3.63, 3.8) is 0 Å². The van der Waals surface area contributed by atoms with Crippen LogP contribution in [0.25, 0.3) is 0 Å². The van der Waals surface area contributed by atoms with E-state index in [1.54, 1.807) is 6.08 Å². The van der Waals surface area contributed by atoms with Crippen LogP contribution in [-0.4, -0.2) is 12.5 Å². The molecule has 1 aromatic carbocycles. The van der Waals surface area contributed by atoms with E-state index in [9.17, 15) is 4.79 Å². The van der Waals surface area contributed by atoms with Crippen molar-refractivity contribution in [1.29, 1.82) is 0 Å². The van der Waals surface area contributed by atoms with E-state index in [1.165, 1.54) is 5.56 Å². The molecule has 86 valence electrons. The van der Waals surface area contributed by atoms with Crippen LogP contribution in [-0.2, 0) is 11.2 Å². The summed E-state index contributed by atoms with van der Waals surface area (Å²) in [5, 5.41) is 2.83. The molecule has 0 atom stereocenters. The van der Waals surface area contributed by atoms with E-state index in [0.717, 1.165) is 17.7 Å². The molecule has 0 bridgehead atoms. The molecule has 1 rings (SSSR count). The summed E-state index contributed by atoms with van der Waals surface area (Å²) < 4.78 is 0. The van der Waals surface area contributed by atoms with E-state index in [0.29, 0.717) is 6.54 Å². The summed E-state index contributed by atoms with van der Waals surface area (Å²) >= 11 is 0. The minimum absolute atomic E-state index is 0.0320. The van der Waals surface area contributed by atoms with Crippen molar-refractivity contribution in [2.75, 3.05) is 12.3 Å². The van der Waals surface area contributed by atoms with Crippen molar-refractivity contribution in [2.45, 2.75) is 20.3 Å². The molecule has 0 heterocycles. The quantitative estimate of drug-likeness (QED) is 0.599. The number of nitrogens with one attached hydrogen (secondary N) is 1. The minimum Gasteiger partial charge on any atom is -0.399 e. The van der Waals surface area contributed by atoms with Gasteiger partial charge in [-0.05, 0) is 38.0 Å². The number of rotatable bonds is 4.